The van der Waals surface area contributed by atoms with Crippen molar-refractivity contribution >= 4 is 38.9 Å². The molecule has 2 atom stereocenters. The molecule has 1 aliphatic heterocycles. The van der Waals surface area contributed by atoms with Gasteiger partial charge < -0.3 is 10.2 Å². The molecule has 1 saturated heterocycles. The van der Waals surface area contributed by atoms with E-state index in [0.29, 0.717) is 23.2 Å². The number of benzene rings is 2. The number of piperazine rings is 1. The minimum absolute atomic E-state index is 0.0355. The Labute approximate surface area is 231 Å². The van der Waals surface area contributed by atoms with E-state index >= 15 is 0 Å². The Bertz CT molecular complexity index is 1250. The number of nitrogens with zero attached hydrogens (tertiary/aromatic N) is 2. The highest BCUT2D eigenvalue weighted by Gasteiger charge is 2.37. The van der Waals surface area contributed by atoms with E-state index in [1.54, 1.807) is 25.1 Å². The summed E-state index contributed by atoms with van der Waals surface area (Å²) >= 11 is 6.73. The van der Waals surface area contributed by atoms with Gasteiger partial charge in [-0.3, -0.25) is 14.5 Å². The van der Waals surface area contributed by atoms with Gasteiger partial charge in [-0.1, -0.05) is 55.6 Å². The van der Waals surface area contributed by atoms with Crippen molar-refractivity contribution in [3.05, 3.63) is 58.6 Å². The van der Waals surface area contributed by atoms with Gasteiger partial charge in [-0.05, 0) is 56.0 Å². The van der Waals surface area contributed by atoms with Gasteiger partial charge in [0.1, 0.15) is 0 Å². The Hall–Kier alpha value is -2.42. The molecular formula is C29H38ClN3O4S. The standard InChI is InChI=1S/C29H38ClN3O4S/c1-4-38(36,37)25-14-12-22(13-15-25)16-27(34)31-26-11-7-10-24(28(26)30)19-32-17-20(2)33(21(3)18-32)29(35)23-8-5-6-9-23/h7,10-15,20-21,23H,4-6,8-9,16-19H2,1-3H3,(H,31,34). The third-order valence-electron chi connectivity index (χ3n) is 7.73. The first kappa shape index (κ1) is 28.6. The third kappa shape index (κ3) is 6.58. The summed E-state index contributed by atoms with van der Waals surface area (Å²) in [6.45, 7) is 8.04. The molecule has 4 rings (SSSR count). The van der Waals surface area contributed by atoms with Gasteiger partial charge in [0.05, 0.1) is 27.8 Å². The van der Waals surface area contributed by atoms with Crippen LogP contribution in [0.15, 0.2) is 47.4 Å². The molecule has 0 bridgehead atoms. The molecule has 2 amide bonds. The second-order valence-corrected chi connectivity index (χ2v) is 13.3. The molecule has 9 heteroatoms. The molecule has 1 aliphatic carbocycles. The molecule has 1 N–H and O–H groups in total. The number of sulfone groups is 1. The highest BCUT2D eigenvalue weighted by molar-refractivity contribution is 7.91. The largest absolute Gasteiger partial charge is 0.334 e. The van der Waals surface area contributed by atoms with E-state index in [9.17, 15) is 18.0 Å². The zero-order valence-electron chi connectivity index (χ0n) is 22.5. The predicted octanol–water partition coefficient (Wildman–Crippen LogP) is 4.93. The van der Waals surface area contributed by atoms with Crippen LogP contribution in [-0.4, -0.2) is 61.0 Å². The van der Waals surface area contributed by atoms with Crippen LogP contribution < -0.4 is 5.32 Å². The van der Waals surface area contributed by atoms with Gasteiger partial charge in [0, 0.05) is 37.6 Å². The fourth-order valence-electron chi connectivity index (χ4n) is 5.78. The maximum atomic E-state index is 13.1. The van der Waals surface area contributed by atoms with Crippen LogP contribution in [0.4, 0.5) is 5.69 Å². The summed E-state index contributed by atoms with van der Waals surface area (Å²) in [4.78, 5) is 30.5. The van der Waals surface area contributed by atoms with Gasteiger partial charge in [-0.15, -0.1) is 0 Å². The van der Waals surface area contributed by atoms with Crippen LogP contribution in [-0.2, 0) is 32.4 Å². The first-order valence-electron chi connectivity index (χ1n) is 13.5. The van der Waals surface area contributed by atoms with Crippen molar-refractivity contribution in [2.24, 2.45) is 5.92 Å². The first-order chi connectivity index (χ1) is 18.1. The lowest BCUT2D eigenvalue weighted by atomic mass is 10.0. The number of hydrogen-bond acceptors (Lipinski definition) is 5. The topological polar surface area (TPSA) is 86.8 Å². The first-order valence-corrected chi connectivity index (χ1v) is 15.6. The van der Waals surface area contributed by atoms with Crippen molar-refractivity contribution in [3.8, 4) is 0 Å². The minimum Gasteiger partial charge on any atom is -0.334 e. The molecule has 206 valence electrons. The molecule has 38 heavy (non-hydrogen) atoms. The molecule has 0 radical (unpaired) electrons. The molecule has 2 aromatic carbocycles. The number of halogens is 1. The van der Waals surface area contributed by atoms with Gasteiger partial charge in [-0.2, -0.15) is 0 Å². The summed E-state index contributed by atoms with van der Waals surface area (Å²) in [7, 11) is -3.27. The van der Waals surface area contributed by atoms with E-state index in [2.05, 4.69) is 29.0 Å². The van der Waals surface area contributed by atoms with E-state index in [1.807, 2.05) is 12.1 Å². The van der Waals surface area contributed by atoms with E-state index in [0.717, 1.165) is 49.9 Å². The summed E-state index contributed by atoms with van der Waals surface area (Å²) in [5.74, 6) is 0.305. The van der Waals surface area contributed by atoms with Crippen molar-refractivity contribution in [2.45, 2.75) is 76.4 Å². The molecule has 2 aromatic rings. The zero-order chi connectivity index (χ0) is 27.4. The van der Waals surface area contributed by atoms with Crippen molar-refractivity contribution in [1.82, 2.24) is 9.80 Å². The van der Waals surface area contributed by atoms with Crippen LogP contribution in [0.5, 0.6) is 0 Å². The second-order valence-electron chi connectivity index (χ2n) is 10.7. The summed E-state index contributed by atoms with van der Waals surface area (Å²) in [5, 5.41) is 3.41. The monoisotopic (exact) mass is 559 g/mol. The van der Waals surface area contributed by atoms with Crippen molar-refractivity contribution in [2.75, 3.05) is 24.2 Å². The zero-order valence-corrected chi connectivity index (χ0v) is 24.0. The Morgan fingerprint density at radius 1 is 1.00 bits per heavy atom. The number of carbonyl (C=O) groups excluding carboxylic acids is 2. The summed E-state index contributed by atoms with van der Waals surface area (Å²) < 4.78 is 24.0. The highest BCUT2D eigenvalue weighted by atomic mass is 35.5. The predicted molar refractivity (Wildman–Crippen MR) is 151 cm³/mol. The van der Waals surface area contributed by atoms with Crippen molar-refractivity contribution in [1.29, 1.82) is 0 Å². The summed E-state index contributed by atoms with van der Waals surface area (Å²) in [6.07, 6.45) is 4.44. The van der Waals surface area contributed by atoms with Crippen LogP contribution in [0.25, 0.3) is 0 Å². The lowest BCUT2D eigenvalue weighted by molar-refractivity contribution is -0.143. The molecule has 1 heterocycles. The number of amides is 2. The number of nitrogens with one attached hydrogen (secondary N) is 1. The third-order valence-corrected chi connectivity index (χ3v) is 9.92. The smallest absolute Gasteiger partial charge is 0.228 e. The fraction of sp³-hybridized carbons (Fsp3) is 0.517. The van der Waals surface area contributed by atoms with Crippen LogP contribution in [0, 0.1) is 5.92 Å². The quantitative estimate of drug-likeness (QED) is 0.496. The second kappa shape index (κ2) is 12.2. The highest BCUT2D eigenvalue weighted by Crippen LogP contribution is 2.31. The number of hydrogen-bond donors (Lipinski definition) is 1. The number of carbonyl (C=O) groups is 2. The molecule has 0 spiro atoms. The van der Waals surface area contributed by atoms with Crippen LogP contribution in [0.1, 0.15) is 57.6 Å². The van der Waals surface area contributed by atoms with E-state index in [4.69, 9.17) is 11.6 Å². The van der Waals surface area contributed by atoms with Crippen LogP contribution in [0.3, 0.4) is 0 Å². The molecule has 2 unspecified atom stereocenters. The average molecular weight is 560 g/mol. The molecule has 1 saturated carbocycles. The van der Waals surface area contributed by atoms with Crippen LogP contribution in [0.2, 0.25) is 5.02 Å². The summed E-state index contributed by atoms with van der Waals surface area (Å²) in [5.41, 5.74) is 2.20. The Kier molecular flexibility index (Phi) is 9.16. The number of anilines is 1. The lowest BCUT2D eigenvalue weighted by Crippen LogP contribution is -2.59. The Morgan fingerprint density at radius 3 is 2.24 bits per heavy atom. The maximum absolute atomic E-state index is 13.1. The van der Waals surface area contributed by atoms with E-state index < -0.39 is 9.84 Å². The average Bonchev–Trinajstić information content (AvgIpc) is 3.41. The minimum atomic E-state index is -3.27. The molecule has 2 fully saturated rings. The fourth-order valence-corrected chi connectivity index (χ4v) is 6.90. The van der Waals surface area contributed by atoms with Gasteiger partial charge in [-0.25, -0.2) is 8.42 Å². The van der Waals surface area contributed by atoms with Gasteiger partial charge in [0.15, 0.2) is 9.84 Å². The van der Waals surface area contributed by atoms with Gasteiger partial charge >= 0.3 is 0 Å². The Morgan fingerprint density at radius 2 is 1.63 bits per heavy atom. The molecule has 0 aromatic heterocycles. The van der Waals surface area contributed by atoms with Crippen LogP contribution >= 0.6 is 11.6 Å². The van der Waals surface area contributed by atoms with Crippen molar-refractivity contribution < 1.29 is 18.0 Å². The van der Waals surface area contributed by atoms with E-state index in [1.165, 1.54) is 12.1 Å². The lowest BCUT2D eigenvalue weighted by Gasteiger charge is -2.45. The van der Waals surface area contributed by atoms with Gasteiger partial charge in [0.25, 0.3) is 0 Å². The molecule has 7 nitrogen and oxygen atoms in total. The summed E-state index contributed by atoms with van der Waals surface area (Å²) in [6, 6.07) is 12.3. The van der Waals surface area contributed by atoms with Crippen molar-refractivity contribution in [3.63, 3.8) is 0 Å². The number of rotatable bonds is 8. The maximum Gasteiger partial charge on any atom is 0.228 e. The Balaban J connectivity index is 1.36. The SMILES string of the molecule is CCS(=O)(=O)c1ccc(CC(=O)Nc2cccc(CN3CC(C)N(C(=O)C4CCCC4)C(C)C3)c2Cl)cc1. The van der Waals surface area contributed by atoms with Gasteiger partial charge in [0.2, 0.25) is 11.8 Å². The molecular weight excluding hydrogens is 522 g/mol. The normalized spacial score (nSPS) is 21.0. The molecule has 2 aliphatic rings. The van der Waals surface area contributed by atoms with E-state index in [-0.39, 0.29) is 41.0 Å².